The fourth-order valence-electron chi connectivity index (χ4n) is 5.79. The van der Waals surface area contributed by atoms with Gasteiger partial charge in [-0.3, -0.25) is 4.79 Å². The van der Waals surface area contributed by atoms with E-state index in [1.807, 2.05) is 43.9 Å². The Morgan fingerprint density at radius 2 is 2.03 bits per heavy atom. The monoisotopic (exact) mass is 514 g/mol. The summed E-state index contributed by atoms with van der Waals surface area (Å²) >= 11 is 0. The number of hydrogen-bond acceptors (Lipinski definition) is 6. The quantitative estimate of drug-likeness (QED) is 0.527. The van der Waals surface area contributed by atoms with Crippen LogP contribution in [0, 0.1) is 11.8 Å². The van der Waals surface area contributed by atoms with Crippen molar-refractivity contribution in [2.75, 3.05) is 19.7 Å². The Labute approximate surface area is 220 Å². The predicted octanol–water partition coefficient (Wildman–Crippen LogP) is 5.15. The minimum Gasteiger partial charge on any atom is -0.487 e. The van der Waals surface area contributed by atoms with E-state index in [2.05, 4.69) is 26.8 Å². The van der Waals surface area contributed by atoms with Gasteiger partial charge in [-0.15, -0.1) is 0 Å². The van der Waals surface area contributed by atoms with Crippen molar-refractivity contribution in [1.82, 2.24) is 4.90 Å². The molecule has 3 aliphatic rings. The molecule has 4 rings (SSSR count). The fraction of sp³-hybridized carbons (Fsp3) is 0.655. The van der Waals surface area contributed by atoms with Crippen molar-refractivity contribution in [1.29, 1.82) is 0 Å². The molecule has 0 bridgehead atoms. The molecule has 2 fully saturated rings. The lowest BCUT2D eigenvalue weighted by atomic mass is 9.68. The zero-order valence-electron chi connectivity index (χ0n) is 23.0. The molecule has 1 aromatic carbocycles. The number of rotatable bonds is 6. The summed E-state index contributed by atoms with van der Waals surface area (Å²) in [4.78, 5) is 25.8. The molecule has 0 radical (unpaired) electrons. The summed E-state index contributed by atoms with van der Waals surface area (Å²) < 4.78 is 24.7. The average Bonchev–Trinajstić information content (AvgIpc) is 2.80. The lowest BCUT2D eigenvalue weighted by Crippen LogP contribution is -2.57. The molecule has 3 heterocycles. The van der Waals surface area contributed by atoms with Gasteiger partial charge in [-0.25, -0.2) is 4.79 Å². The average molecular weight is 515 g/mol. The first kappa shape index (κ1) is 27.3. The fourth-order valence-corrected chi connectivity index (χ4v) is 5.79. The SMILES string of the molecule is CC(C)=CCC[C@@]1(C)Oc2cc(OCC(N)=O)ccc2[C@H]2O[C@H]3CCN(C(=O)OC(C)(C)C)C[C@@H]3C[C@@H]21. The zero-order valence-corrected chi connectivity index (χ0v) is 23.0. The van der Waals surface area contributed by atoms with Gasteiger partial charge in [0, 0.05) is 36.6 Å². The number of allylic oxidation sites excluding steroid dienone is 2. The lowest BCUT2D eigenvalue weighted by molar-refractivity contribution is -0.191. The number of nitrogens with zero attached hydrogens (tertiary/aromatic N) is 1. The first-order valence-electron chi connectivity index (χ1n) is 13.4. The summed E-state index contributed by atoms with van der Waals surface area (Å²) in [5.74, 6) is 1.09. The van der Waals surface area contributed by atoms with Gasteiger partial charge in [0.1, 0.15) is 22.7 Å². The van der Waals surface area contributed by atoms with E-state index in [1.165, 1.54) is 5.57 Å². The molecule has 37 heavy (non-hydrogen) atoms. The summed E-state index contributed by atoms with van der Waals surface area (Å²) in [5.41, 5.74) is 6.55. The van der Waals surface area contributed by atoms with Crippen LogP contribution in [0.5, 0.6) is 11.5 Å². The number of hydrogen-bond donors (Lipinski definition) is 1. The van der Waals surface area contributed by atoms with E-state index in [0.29, 0.717) is 18.8 Å². The molecule has 0 aliphatic carbocycles. The highest BCUT2D eigenvalue weighted by atomic mass is 16.6. The number of amides is 2. The van der Waals surface area contributed by atoms with Crippen molar-refractivity contribution in [3.05, 3.63) is 35.4 Å². The molecule has 0 unspecified atom stereocenters. The second-order valence-corrected chi connectivity index (χ2v) is 12.1. The Hall–Kier alpha value is -2.74. The first-order valence-corrected chi connectivity index (χ1v) is 13.4. The molecule has 0 saturated carbocycles. The third kappa shape index (κ3) is 6.40. The molecule has 2 N–H and O–H groups in total. The Morgan fingerprint density at radius 1 is 1.27 bits per heavy atom. The summed E-state index contributed by atoms with van der Waals surface area (Å²) in [7, 11) is 0. The molecule has 8 heteroatoms. The maximum atomic E-state index is 12.8. The van der Waals surface area contributed by atoms with Crippen molar-refractivity contribution >= 4 is 12.0 Å². The number of piperidine rings is 1. The van der Waals surface area contributed by atoms with Gasteiger partial charge in [0.05, 0.1) is 12.2 Å². The molecule has 3 aliphatic heterocycles. The van der Waals surface area contributed by atoms with Gasteiger partial charge in [-0.05, 0) is 79.4 Å². The highest BCUT2D eigenvalue weighted by molar-refractivity contribution is 5.75. The van der Waals surface area contributed by atoms with Gasteiger partial charge < -0.3 is 29.6 Å². The van der Waals surface area contributed by atoms with Crippen LogP contribution in [-0.4, -0.2) is 53.9 Å². The van der Waals surface area contributed by atoms with Gasteiger partial charge in [-0.2, -0.15) is 0 Å². The van der Waals surface area contributed by atoms with E-state index in [1.54, 1.807) is 0 Å². The van der Waals surface area contributed by atoms with Gasteiger partial charge in [-0.1, -0.05) is 11.6 Å². The molecule has 2 saturated heterocycles. The number of ether oxygens (including phenoxy) is 4. The van der Waals surface area contributed by atoms with Crippen LogP contribution >= 0.6 is 0 Å². The second-order valence-electron chi connectivity index (χ2n) is 12.1. The van der Waals surface area contributed by atoms with E-state index < -0.39 is 17.1 Å². The zero-order chi connectivity index (χ0) is 27.0. The van der Waals surface area contributed by atoms with Crippen molar-refractivity contribution in [2.24, 2.45) is 17.6 Å². The highest BCUT2D eigenvalue weighted by Crippen LogP contribution is 2.54. The third-order valence-electron chi connectivity index (χ3n) is 7.55. The standard InChI is InChI=1S/C29H42N2O6/c1-18(2)8-7-12-29(6)22-14-19-16-31(27(33)37-28(3,4)5)13-11-23(19)35-26(22)21-10-9-20(15-24(21)36-29)34-17-25(30)32/h8-10,15,19,22-23,26H,7,11-14,16-17H2,1-6H3,(H2,30,32)/t19-,22-,23-,26+,29+/m0/s1. The highest BCUT2D eigenvalue weighted by Gasteiger charge is 2.53. The van der Waals surface area contributed by atoms with Crippen LogP contribution in [0.1, 0.15) is 78.9 Å². The molecule has 0 aromatic heterocycles. The minimum atomic E-state index is -0.523. The van der Waals surface area contributed by atoms with Crippen LogP contribution in [0.2, 0.25) is 0 Å². The predicted molar refractivity (Wildman–Crippen MR) is 140 cm³/mol. The van der Waals surface area contributed by atoms with Crippen LogP contribution in [0.15, 0.2) is 29.8 Å². The van der Waals surface area contributed by atoms with Gasteiger partial charge in [0.2, 0.25) is 0 Å². The van der Waals surface area contributed by atoms with Crippen LogP contribution in [-0.2, 0) is 14.3 Å². The van der Waals surface area contributed by atoms with Crippen molar-refractivity contribution in [3.8, 4) is 11.5 Å². The Morgan fingerprint density at radius 3 is 2.70 bits per heavy atom. The molecule has 8 nitrogen and oxygen atoms in total. The summed E-state index contributed by atoms with van der Waals surface area (Å²) in [5, 5.41) is 0. The van der Waals surface area contributed by atoms with Gasteiger partial charge in [0.15, 0.2) is 6.61 Å². The van der Waals surface area contributed by atoms with Crippen molar-refractivity contribution in [2.45, 2.75) is 90.6 Å². The third-order valence-corrected chi connectivity index (χ3v) is 7.55. The molecular weight excluding hydrogens is 472 g/mol. The molecular formula is C29H42N2O6. The van der Waals surface area contributed by atoms with E-state index in [9.17, 15) is 9.59 Å². The number of primary amides is 1. The molecule has 204 valence electrons. The number of likely N-dealkylation sites (tertiary alicyclic amines) is 1. The molecule has 5 atom stereocenters. The lowest BCUT2D eigenvalue weighted by Gasteiger charge is -2.54. The van der Waals surface area contributed by atoms with Gasteiger partial charge >= 0.3 is 6.09 Å². The Bertz CT molecular complexity index is 1040. The largest absolute Gasteiger partial charge is 0.487 e. The molecule has 0 spiro atoms. The number of benzene rings is 1. The van der Waals surface area contributed by atoms with Crippen molar-refractivity contribution < 1.29 is 28.5 Å². The van der Waals surface area contributed by atoms with Crippen LogP contribution in [0.25, 0.3) is 0 Å². The van der Waals surface area contributed by atoms with Crippen LogP contribution in [0.3, 0.4) is 0 Å². The number of nitrogens with two attached hydrogens (primary N) is 1. The molecule has 1 aromatic rings. The number of carbonyl (C=O) groups is 2. The normalized spacial score (nSPS) is 28.6. The number of fused-ring (bicyclic) bond motifs is 4. The van der Waals surface area contributed by atoms with E-state index >= 15 is 0 Å². The Balaban J connectivity index is 1.59. The van der Waals surface area contributed by atoms with Crippen LogP contribution in [0.4, 0.5) is 4.79 Å². The number of carbonyl (C=O) groups excluding carboxylic acids is 2. The summed E-state index contributed by atoms with van der Waals surface area (Å²) in [6, 6.07) is 5.66. The maximum absolute atomic E-state index is 12.8. The second kappa shape index (κ2) is 10.6. The summed E-state index contributed by atoms with van der Waals surface area (Å²) in [6.07, 6.45) is 5.35. The van der Waals surface area contributed by atoms with Crippen LogP contribution < -0.4 is 15.2 Å². The topological polar surface area (TPSA) is 100 Å². The van der Waals surface area contributed by atoms with E-state index in [-0.39, 0.29) is 36.7 Å². The van der Waals surface area contributed by atoms with E-state index in [0.717, 1.165) is 37.0 Å². The first-order chi connectivity index (χ1) is 17.3. The van der Waals surface area contributed by atoms with Crippen molar-refractivity contribution in [3.63, 3.8) is 0 Å². The van der Waals surface area contributed by atoms with Gasteiger partial charge in [0.25, 0.3) is 5.91 Å². The van der Waals surface area contributed by atoms with E-state index in [4.69, 9.17) is 24.7 Å². The Kier molecular flexibility index (Phi) is 7.79. The maximum Gasteiger partial charge on any atom is 0.410 e. The minimum absolute atomic E-state index is 0.0682. The summed E-state index contributed by atoms with van der Waals surface area (Å²) in [6.45, 7) is 13.1. The smallest absolute Gasteiger partial charge is 0.410 e. The molecule has 2 amide bonds.